The highest BCUT2D eigenvalue weighted by molar-refractivity contribution is 7.85. The highest BCUT2D eigenvalue weighted by Gasteiger charge is 2.01. The Labute approximate surface area is 78.5 Å². The second kappa shape index (κ2) is 3.89. The molecule has 1 aromatic carbocycles. The summed E-state index contributed by atoms with van der Waals surface area (Å²) in [6.45, 7) is 2.08. The fourth-order valence-electron chi connectivity index (χ4n) is 0.859. The van der Waals surface area contributed by atoms with Crippen molar-refractivity contribution in [3.05, 3.63) is 35.4 Å². The van der Waals surface area contributed by atoms with Crippen LogP contribution >= 0.6 is 0 Å². The summed E-state index contributed by atoms with van der Waals surface area (Å²) in [6, 6.07) is 7.53. The van der Waals surface area contributed by atoms with Gasteiger partial charge in [-0.15, -0.1) is 0 Å². The third-order valence-corrected chi connectivity index (χ3v) is 2.11. The zero-order valence-electron chi connectivity index (χ0n) is 7.65. The lowest BCUT2D eigenvalue weighted by Gasteiger charge is -2.01. The van der Waals surface area contributed by atoms with Crippen molar-refractivity contribution in [2.45, 2.75) is 13.5 Å². The summed E-state index contributed by atoms with van der Waals surface area (Å²) >= 11 is 0. The summed E-state index contributed by atoms with van der Waals surface area (Å²) in [4.78, 5) is 0. The lowest BCUT2D eigenvalue weighted by molar-refractivity contribution is 0.311. The average Bonchev–Trinajstić information content (AvgIpc) is 2.02. The van der Waals surface area contributed by atoms with Gasteiger partial charge in [0.1, 0.15) is 0 Å². The van der Waals surface area contributed by atoms with Crippen LogP contribution in [0.15, 0.2) is 24.3 Å². The molecule has 0 radical (unpaired) electrons. The zero-order valence-corrected chi connectivity index (χ0v) is 8.47. The molecule has 13 heavy (non-hydrogen) atoms. The molecule has 72 valence electrons. The normalized spacial score (nSPS) is 11.5. The largest absolute Gasteiger partial charge is 0.265 e. The predicted molar refractivity (Wildman–Crippen MR) is 50.8 cm³/mol. The Balaban J connectivity index is 2.61. The van der Waals surface area contributed by atoms with Gasteiger partial charge < -0.3 is 0 Å². The predicted octanol–water partition coefficient (Wildman–Crippen LogP) is 1.47. The molecule has 0 amide bonds. The molecule has 0 aliphatic heterocycles. The van der Waals surface area contributed by atoms with Crippen molar-refractivity contribution in [2.24, 2.45) is 0 Å². The van der Waals surface area contributed by atoms with Gasteiger partial charge in [0.25, 0.3) is 10.1 Å². The van der Waals surface area contributed by atoms with Crippen molar-refractivity contribution in [1.29, 1.82) is 0 Å². The minimum Gasteiger partial charge on any atom is -0.265 e. The Kier molecular flexibility index (Phi) is 3.06. The monoisotopic (exact) mass is 200 g/mol. The summed E-state index contributed by atoms with van der Waals surface area (Å²) in [6.07, 6.45) is 1.04. The van der Waals surface area contributed by atoms with Gasteiger partial charge in [-0.25, -0.2) is 0 Å². The third-order valence-electron chi connectivity index (χ3n) is 1.56. The van der Waals surface area contributed by atoms with E-state index >= 15 is 0 Å². The van der Waals surface area contributed by atoms with Gasteiger partial charge in [0.2, 0.25) is 0 Å². The second-order valence-electron chi connectivity index (χ2n) is 2.95. The molecule has 0 fully saturated rings. The maximum absolute atomic E-state index is 10.6. The molecular formula is C9H12O3S. The van der Waals surface area contributed by atoms with Crippen molar-refractivity contribution in [1.82, 2.24) is 0 Å². The van der Waals surface area contributed by atoms with E-state index in [9.17, 15) is 8.42 Å². The molecule has 0 aliphatic carbocycles. The maximum Gasteiger partial charge on any atom is 0.264 e. The van der Waals surface area contributed by atoms with Crippen molar-refractivity contribution in [3.63, 3.8) is 0 Å². The van der Waals surface area contributed by atoms with Gasteiger partial charge in [-0.3, -0.25) is 4.18 Å². The van der Waals surface area contributed by atoms with Crippen LogP contribution in [-0.2, 0) is 20.9 Å². The summed E-state index contributed by atoms with van der Waals surface area (Å²) in [7, 11) is -3.33. The molecule has 0 unspecified atom stereocenters. The molecule has 0 atom stereocenters. The highest BCUT2D eigenvalue weighted by Crippen LogP contribution is 2.05. The van der Waals surface area contributed by atoms with Crippen molar-refractivity contribution < 1.29 is 12.6 Å². The van der Waals surface area contributed by atoms with Gasteiger partial charge in [-0.2, -0.15) is 8.42 Å². The number of hydrogen-bond donors (Lipinski definition) is 0. The Morgan fingerprint density at radius 2 is 1.77 bits per heavy atom. The Morgan fingerprint density at radius 1 is 1.23 bits per heavy atom. The molecule has 0 saturated carbocycles. The van der Waals surface area contributed by atoms with E-state index in [1.54, 1.807) is 0 Å². The first-order chi connectivity index (χ1) is 5.97. The number of rotatable bonds is 3. The topological polar surface area (TPSA) is 43.4 Å². The first kappa shape index (κ1) is 10.2. The summed E-state index contributed by atoms with van der Waals surface area (Å²) < 4.78 is 25.9. The van der Waals surface area contributed by atoms with Crippen LogP contribution in [0.1, 0.15) is 11.1 Å². The van der Waals surface area contributed by atoms with Crippen molar-refractivity contribution in [2.75, 3.05) is 6.26 Å². The summed E-state index contributed by atoms with van der Waals surface area (Å²) in [5.41, 5.74) is 2.00. The SMILES string of the molecule is Cc1ccc(COS(C)(=O)=O)cc1. The van der Waals surface area contributed by atoms with E-state index in [1.165, 1.54) is 0 Å². The number of aryl methyl sites for hydroxylation is 1. The molecule has 0 aliphatic rings. The van der Waals surface area contributed by atoms with Crippen LogP contribution in [0.25, 0.3) is 0 Å². The van der Waals surface area contributed by atoms with Crippen molar-refractivity contribution in [3.8, 4) is 0 Å². The van der Waals surface area contributed by atoms with Crippen LogP contribution in [0.4, 0.5) is 0 Å². The molecule has 0 spiro atoms. The van der Waals surface area contributed by atoms with E-state index in [1.807, 2.05) is 31.2 Å². The van der Waals surface area contributed by atoms with Crippen LogP contribution in [0.2, 0.25) is 0 Å². The van der Waals surface area contributed by atoms with E-state index in [4.69, 9.17) is 0 Å². The lowest BCUT2D eigenvalue weighted by atomic mass is 10.2. The minimum atomic E-state index is -3.33. The van der Waals surface area contributed by atoms with Gasteiger partial charge in [-0.05, 0) is 12.5 Å². The van der Waals surface area contributed by atoms with Gasteiger partial charge in [0.05, 0.1) is 12.9 Å². The fourth-order valence-corrected chi connectivity index (χ4v) is 1.21. The van der Waals surface area contributed by atoms with E-state index < -0.39 is 10.1 Å². The number of benzene rings is 1. The van der Waals surface area contributed by atoms with Gasteiger partial charge in [0, 0.05) is 0 Å². The molecule has 4 heteroatoms. The highest BCUT2D eigenvalue weighted by atomic mass is 32.2. The van der Waals surface area contributed by atoms with Crippen LogP contribution in [0, 0.1) is 6.92 Å². The molecule has 3 nitrogen and oxygen atoms in total. The zero-order chi connectivity index (χ0) is 9.90. The average molecular weight is 200 g/mol. The fraction of sp³-hybridized carbons (Fsp3) is 0.333. The smallest absolute Gasteiger partial charge is 0.264 e. The van der Waals surface area contributed by atoms with Crippen LogP contribution in [-0.4, -0.2) is 14.7 Å². The summed E-state index contributed by atoms with van der Waals surface area (Å²) in [5.74, 6) is 0. The molecule has 0 heterocycles. The first-order valence-electron chi connectivity index (χ1n) is 3.87. The number of hydrogen-bond acceptors (Lipinski definition) is 3. The molecular weight excluding hydrogens is 188 g/mol. The maximum atomic E-state index is 10.6. The first-order valence-corrected chi connectivity index (χ1v) is 5.69. The molecule has 0 N–H and O–H groups in total. The summed E-state index contributed by atoms with van der Waals surface area (Å²) in [5, 5.41) is 0. The standard InChI is InChI=1S/C9H12O3S/c1-8-3-5-9(6-4-8)7-12-13(2,10)11/h3-6H,7H2,1-2H3. The van der Waals surface area contributed by atoms with E-state index in [0.29, 0.717) is 0 Å². The van der Waals surface area contributed by atoms with Gasteiger partial charge in [-0.1, -0.05) is 29.8 Å². The Hall–Kier alpha value is -0.870. The third kappa shape index (κ3) is 4.05. The molecule has 0 saturated heterocycles. The van der Waals surface area contributed by atoms with E-state index in [0.717, 1.165) is 17.4 Å². The van der Waals surface area contributed by atoms with Crippen LogP contribution in [0.5, 0.6) is 0 Å². The Bertz CT molecular complexity index is 364. The lowest BCUT2D eigenvalue weighted by Crippen LogP contribution is -2.02. The molecule has 1 aromatic rings. The molecule has 0 aromatic heterocycles. The Morgan fingerprint density at radius 3 is 2.23 bits per heavy atom. The quantitative estimate of drug-likeness (QED) is 0.694. The van der Waals surface area contributed by atoms with Gasteiger partial charge in [0.15, 0.2) is 0 Å². The van der Waals surface area contributed by atoms with Crippen molar-refractivity contribution >= 4 is 10.1 Å². The van der Waals surface area contributed by atoms with E-state index in [-0.39, 0.29) is 6.61 Å². The van der Waals surface area contributed by atoms with Crippen LogP contribution in [0.3, 0.4) is 0 Å². The minimum absolute atomic E-state index is 0.110. The molecule has 1 rings (SSSR count). The van der Waals surface area contributed by atoms with Gasteiger partial charge >= 0.3 is 0 Å². The van der Waals surface area contributed by atoms with E-state index in [2.05, 4.69) is 4.18 Å². The second-order valence-corrected chi connectivity index (χ2v) is 4.60. The molecule has 0 bridgehead atoms. The van der Waals surface area contributed by atoms with Crippen LogP contribution < -0.4 is 0 Å².